The number of aliphatic hydroxyl groups is 1. The van der Waals surface area contributed by atoms with Crippen molar-refractivity contribution in [2.24, 2.45) is 0 Å². The molecule has 6 heteroatoms. The van der Waals surface area contributed by atoms with Gasteiger partial charge in [0.2, 0.25) is 0 Å². The average molecular weight is 268 g/mol. The predicted octanol–water partition coefficient (Wildman–Crippen LogP) is 1.64. The topological polar surface area (TPSA) is 84.6 Å². The molecule has 19 heavy (non-hydrogen) atoms. The fourth-order valence-electron chi connectivity index (χ4n) is 1.47. The van der Waals surface area contributed by atoms with Crippen molar-refractivity contribution in [1.29, 1.82) is 0 Å². The van der Waals surface area contributed by atoms with Crippen molar-refractivity contribution in [3.63, 3.8) is 0 Å². The highest BCUT2D eigenvalue weighted by Crippen LogP contribution is 2.24. The van der Waals surface area contributed by atoms with Gasteiger partial charge in [0.1, 0.15) is 18.5 Å². The van der Waals surface area contributed by atoms with E-state index < -0.39 is 11.0 Å². The van der Waals surface area contributed by atoms with Crippen LogP contribution in [0, 0.1) is 17.0 Å². The SMILES string of the molecule is Cc1ccc([N+](=O)[O-])cc1OCC(O)CNC(C)C. The molecular formula is C13H20N2O4. The Morgan fingerprint density at radius 3 is 2.74 bits per heavy atom. The van der Waals surface area contributed by atoms with Crippen LogP contribution in [-0.2, 0) is 0 Å². The minimum absolute atomic E-state index is 0.0182. The lowest BCUT2D eigenvalue weighted by atomic mass is 10.2. The maximum absolute atomic E-state index is 10.7. The molecule has 2 N–H and O–H groups in total. The number of nitrogens with zero attached hydrogens (tertiary/aromatic N) is 1. The number of hydrogen-bond donors (Lipinski definition) is 2. The molecule has 0 saturated carbocycles. The van der Waals surface area contributed by atoms with E-state index in [-0.39, 0.29) is 18.3 Å². The molecule has 1 aromatic carbocycles. The molecule has 0 aliphatic rings. The Morgan fingerprint density at radius 1 is 1.47 bits per heavy atom. The number of aryl methyl sites for hydroxylation is 1. The van der Waals surface area contributed by atoms with Gasteiger partial charge in [-0.1, -0.05) is 13.8 Å². The Labute approximate surface area is 112 Å². The van der Waals surface area contributed by atoms with Gasteiger partial charge in [0.25, 0.3) is 5.69 Å². The van der Waals surface area contributed by atoms with Crippen molar-refractivity contribution in [3.8, 4) is 5.75 Å². The van der Waals surface area contributed by atoms with Gasteiger partial charge < -0.3 is 15.2 Å². The summed E-state index contributed by atoms with van der Waals surface area (Å²) in [6.07, 6.45) is -0.652. The first-order valence-electron chi connectivity index (χ1n) is 6.19. The Hall–Kier alpha value is -1.66. The molecule has 0 aliphatic heterocycles. The highest BCUT2D eigenvalue weighted by molar-refractivity contribution is 5.43. The third-order valence-corrected chi connectivity index (χ3v) is 2.58. The number of hydrogen-bond acceptors (Lipinski definition) is 5. The second-order valence-corrected chi connectivity index (χ2v) is 4.73. The fraction of sp³-hybridized carbons (Fsp3) is 0.538. The van der Waals surface area contributed by atoms with Gasteiger partial charge in [0.05, 0.1) is 11.0 Å². The largest absolute Gasteiger partial charge is 0.490 e. The molecule has 0 aromatic heterocycles. The molecule has 0 amide bonds. The zero-order valence-electron chi connectivity index (χ0n) is 11.4. The maximum Gasteiger partial charge on any atom is 0.273 e. The van der Waals surface area contributed by atoms with E-state index in [0.29, 0.717) is 12.3 Å². The van der Waals surface area contributed by atoms with Gasteiger partial charge in [0, 0.05) is 18.7 Å². The van der Waals surface area contributed by atoms with E-state index in [9.17, 15) is 15.2 Å². The fourth-order valence-corrected chi connectivity index (χ4v) is 1.47. The molecule has 0 spiro atoms. The third-order valence-electron chi connectivity index (χ3n) is 2.58. The van der Waals surface area contributed by atoms with E-state index in [4.69, 9.17) is 4.74 Å². The van der Waals surface area contributed by atoms with E-state index in [1.165, 1.54) is 12.1 Å². The molecule has 1 unspecified atom stereocenters. The first-order valence-corrected chi connectivity index (χ1v) is 6.19. The van der Waals surface area contributed by atoms with E-state index in [1.807, 2.05) is 13.8 Å². The van der Waals surface area contributed by atoms with Crippen LogP contribution in [0.1, 0.15) is 19.4 Å². The normalized spacial score (nSPS) is 12.5. The first kappa shape index (κ1) is 15.4. The van der Waals surface area contributed by atoms with E-state index in [2.05, 4.69) is 5.32 Å². The molecule has 0 aliphatic carbocycles. The standard InChI is InChI=1S/C13H20N2O4/c1-9(2)14-7-12(16)8-19-13-6-11(15(17)18)5-4-10(13)3/h4-6,9,12,14,16H,7-8H2,1-3H3. The summed E-state index contributed by atoms with van der Waals surface area (Å²) in [4.78, 5) is 10.2. The summed E-state index contributed by atoms with van der Waals surface area (Å²) in [5.74, 6) is 0.429. The summed E-state index contributed by atoms with van der Waals surface area (Å²) in [7, 11) is 0. The Kier molecular flexibility index (Phi) is 5.72. The van der Waals surface area contributed by atoms with Crippen molar-refractivity contribution in [1.82, 2.24) is 5.32 Å². The van der Waals surface area contributed by atoms with Gasteiger partial charge in [-0.3, -0.25) is 10.1 Å². The number of nitro groups is 1. The average Bonchev–Trinajstić information content (AvgIpc) is 2.35. The number of benzene rings is 1. The summed E-state index contributed by atoms with van der Waals surface area (Å²) < 4.78 is 5.43. The molecule has 6 nitrogen and oxygen atoms in total. The number of nitro benzene ring substituents is 1. The summed E-state index contributed by atoms with van der Waals surface area (Å²) in [6.45, 7) is 6.29. The molecule has 1 aromatic rings. The minimum atomic E-state index is -0.652. The minimum Gasteiger partial charge on any atom is -0.490 e. The predicted molar refractivity (Wildman–Crippen MR) is 72.5 cm³/mol. The van der Waals surface area contributed by atoms with Crippen molar-refractivity contribution >= 4 is 5.69 Å². The van der Waals surface area contributed by atoms with Crippen LogP contribution in [0.5, 0.6) is 5.75 Å². The molecular weight excluding hydrogens is 248 g/mol. The number of non-ortho nitro benzene ring substituents is 1. The maximum atomic E-state index is 10.7. The lowest BCUT2D eigenvalue weighted by molar-refractivity contribution is -0.385. The molecule has 0 radical (unpaired) electrons. The van der Waals surface area contributed by atoms with E-state index >= 15 is 0 Å². The van der Waals surface area contributed by atoms with Crippen LogP contribution in [0.4, 0.5) is 5.69 Å². The number of nitrogens with one attached hydrogen (secondary N) is 1. The van der Waals surface area contributed by atoms with Crippen LogP contribution in [0.25, 0.3) is 0 Å². The second kappa shape index (κ2) is 7.06. The highest BCUT2D eigenvalue weighted by atomic mass is 16.6. The van der Waals surface area contributed by atoms with Crippen LogP contribution in [0.15, 0.2) is 18.2 Å². The first-order chi connectivity index (χ1) is 8.90. The Balaban J connectivity index is 2.57. The summed E-state index contributed by atoms with van der Waals surface area (Å²) in [5, 5.41) is 23.5. The quantitative estimate of drug-likeness (QED) is 0.580. The van der Waals surface area contributed by atoms with Crippen LogP contribution < -0.4 is 10.1 Å². The third kappa shape index (κ3) is 5.23. The van der Waals surface area contributed by atoms with E-state index in [0.717, 1.165) is 5.56 Å². The van der Waals surface area contributed by atoms with Gasteiger partial charge in [-0.15, -0.1) is 0 Å². The highest BCUT2D eigenvalue weighted by Gasteiger charge is 2.11. The van der Waals surface area contributed by atoms with Crippen LogP contribution in [0.2, 0.25) is 0 Å². The number of ether oxygens (including phenoxy) is 1. The van der Waals surface area contributed by atoms with Crippen molar-refractivity contribution in [2.45, 2.75) is 32.9 Å². The smallest absolute Gasteiger partial charge is 0.273 e. The monoisotopic (exact) mass is 268 g/mol. The molecule has 0 fully saturated rings. The van der Waals surface area contributed by atoms with Crippen molar-refractivity contribution in [2.75, 3.05) is 13.2 Å². The molecule has 0 heterocycles. The zero-order chi connectivity index (χ0) is 14.4. The zero-order valence-corrected chi connectivity index (χ0v) is 11.4. The molecule has 0 saturated heterocycles. The molecule has 1 rings (SSSR count). The van der Waals surface area contributed by atoms with E-state index in [1.54, 1.807) is 13.0 Å². The van der Waals surface area contributed by atoms with Crippen LogP contribution in [-0.4, -0.2) is 35.3 Å². The second-order valence-electron chi connectivity index (χ2n) is 4.73. The molecule has 106 valence electrons. The Morgan fingerprint density at radius 2 is 2.16 bits per heavy atom. The van der Waals surface area contributed by atoms with Gasteiger partial charge in [-0.2, -0.15) is 0 Å². The van der Waals surface area contributed by atoms with Crippen molar-refractivity contribution in [3.05, 3.63) is 33.9 Å². The van der Waals surface area contributed by atoms with Gasteiger partial charge in [-0.25, -0.2) is 0 Å². The van der Waals surface area contributed by atoms with Gasteiger partial charge >= 0.3 is 0 Å². The van der Waals surface area contributed by atoms with Crippen LogP contribution in [0.3, 0.4) is 0 Å². The molecule has 0 bridgehead atoms. The summed E-state index contributed by atoms with van der Waals surface area (Å²) >= 11 is 0. The van der Waals surface area contributed by atoms with Crippen molar-refractivity contribution < 1.29 is 14.8 Å². The number of rotatable bonds is 7. The Bertz CT molecular complexity index is 435. The van der Waals surface area contributed by atoms with Gasteiger partial charge in [-0.05, 0) is 18.6 Å². The summed E-state index contributed by atoms with van der Waals surface area (Å²) in [5.41, 5.74) is 0.782. The lowest BCUT2D eigenvalue weighted by Gasteiger charge is -2.15. The lowest BCUT2D eigenvalue weighted by Crippen LogP contribution is -2.35. The number of aliphatic hydroxyl groups excluding tert-OH is 1. The summed E-state index contributed by atoms with van der Waals surface area (Å²) in [6, 6.07) is 4.72. The van der Waals surface area contributed by atoms with Crippen LogP contribution >= 0.6 is 0 Å². The van der Waals surface area contributed by atoms with Gasteiger partial charge in [0.15, 0.2) is 0 Å². The molecule has 1 atom stereocenters.